The van der Waals surface area contributed by atoms with Gasteiger partial charge in [0.15, 0.2) is 29.1 Å². The maximum Gasteiger partial charge on any atom is 0.400 e. The molecule has 0 aliphatic heterocycles. The van der Waals surface area contributed by atoms with E-state index in [1.165, 1.54) is 18.2 Å². The van der Waals surface area contributed by atoms with Crippen LogP contribution in [0.25, 0.3) is 10.8 Å². The van der Waals surface area contributed by atoms with Gasteiger partial charge in [0.25, 0.3) is 0 Å². The molecule has 1 nitrogen and oxygen atoms in total. The minimum Gasteiger partial charge on any atom is -0.432 e. The Hall–Kier alpha value is -2.84. The zero-order valence-corrected chi connectivity index (χ0v) is 18.7. The van der Waals surface area contributed by atoms with Crippen molar-refractivity contribution >= 4 is 10.8 Å². The number of hydrogen-bond donors (Lipinski definition) is 0. The number of benzene rings is 3. The summed E-state index contributed by atoms with van der Waals surface area (Å²) in [4.78, 5) is 0. The van der Waals surface area contributed by atoms with E-state index >= 15 is 4.39 Å². The van der Waals surface area contributed by atoms with Crippen molar-refractivity contribution < 1.29 is 39.9 Å². The smallest absolute Gasteiger partial charge is 0.400 e. The van der Waals surface area contributed by atoms with E-state index in [2.05, 4.69) is 4.74 Å². The summed E-state index contributed by atoms with van der Waals surface area (Å²) < 4.78 is 118. The van der Waals surface area contributed by atoms with E-state index < -0.39 is 64.0 Å². The summed E-state index contributed by atoms with van der Waals surface area (Å²) >= 11 is 0. The molecule has 3 aromatic carbocycles. The van der Waals surface area contributed by atoms with E-state index in [0.29, 0.717) is 25.0 Å². The van der Waals surface area contributed by atoms with Gasteiger partial charge in [-0.05, 0) is 60.6 Å². The van der Waals surface area contributed by atoms with Crippen molar-refractivity contribution in [3.8, 4) is 5.75 Å². The van der Waals surface area contributed by atoms with Crippen LogP contribution in [0, 0.1) is 40.8 Å². The fourth-order valence-corrected chi connectivity index (χ4v) is 4.79. The number of fused-ring (bicyclic) bond motifs is 1. The van der Waals surface area contributed by atoms with E-state index in [9.17, 15) is 30.7 Å². The summed E-state index contributed by atoms with van der Waals surface area (Å²) in [7, 11) is 0. The Balaban J connectivity index is 1.52. The van der Waals surface area contributed by atoms with Gasteiger partial charge in [0.05, 0.1) is 11.3 Å². The molecule has 0 amide bonds. The zero-order valence-electron chi connectivity index (χ0n) is 18.7. The average molecular weight is 502 g/mol. The molecule has 3 aromatic rings. The molecule has 1 saturated carbocycles. The lowest BCUT2D eigenvalue weighted by atomic mass is 9.77. The minimum atomic E-state index is -3.81. The van der Waals surface area contributed by atoms with Crippen molar-refractivity contribution in [2.75, 3.05) is 0 Å². The van der Waals surface area contributed by atoms with Gasteiger partial charge in [0.1, 0.15) is 11.6 Å². The van der Waals surface area contributed by atoms with Crippen molar-refractivity contribution in [2.45, 2.75) is 57.5 Å². The van der Waals surface area contributed by atoms with Gasteiger partial charge in [-0.15, -0.1) is 0 Å². The normalized spacial score (nSPS) is 18.8. The van der Waals surface area contributed by atoms with Crippen LogP contribution in [-0.2, 0) is 6.42 Å². The highest BCUT2D eigenvalue weighted by atomic mass is 19.3. The molecule has 0 aromatic heterocycles. The molecule has 0 N–H and O–H groups in total. The molecule has 0 radical (unpaired) electrons. The molecule has 0 spiro atoms. The van der Waals surface area contributed by atoms with E-state index in [4.69, 9.17) is 0 Å². The molecule has 1 fully saturated rings. The van der Waals surface area contributed by atoms with Gasteiger partial charge in [0, 0.05) is 12.1 Å². The van der Waals surface area contributed by atoms with Crippen LogP contribution in [0.15, 0.2) is 30.3 Å². The molecular weight excluding hydrogens is 480 g/mol. The van der Waals surface area contributed by atoms with E-state index in [-0.39, 0.29) is 42.2 Å². The molecule has 1 aliphatic rings. The second-order valence-electron chi connectivity index (χ2n) is 8.89. The molecule has 9 heteroatoms. The van der Waals surface area contributed by atoms with Crippen molar-refractivity contribution in [1.29, 1.82) is 0 Å². The molecule has 35 heavy (non-hydrogen) atoms. The van der Waals surface area contributed by atoms with Gasteiger partial charge < -0.3 is 4.74 Å². The predicted octanol–water partition coefficient (Wildman–Crippen LogP) is 8.57. The number of ether oxygens (including phenoxy) is 1. The summed E-state index contributed by atoms with van der Waals surface area (Å²) in [6.45, 7) is 1.81. The summed E-state index contributed by atoms with van der Waals surface area (Å²) in [5.74, 6) is -11.1. The van der Waals surface area contributed by atoms with E-state index in [1.807, 2.05) is 6.92 Å². The first kappa shape index (κ1) is 25.3. The third-order valence-corrected chi connectivity index (χ3v) is 6.60. The lowest BCUT2D eigenvalue weighted by Gasteiger charge is -2.33. The lowest BCUT2D eigenvalue weighted by molar-refractivity contribution is -0.222. The molecule has 0 bridgehead atoms. The highest BCUT2D eigenvalue weighted by molar-refractivity contribution is 5.85. The number of halogens is 8. The van der Waals surface area contributed by atoms with Gasteiger partial charge in [-0.1, -0.05) is 25.5 Å². The number of hydrogen-bond acceptors (Lipinski definition) is 1. The van der Waals surface area contributed by atoms with E-state index in [0.717, 1.165) is 0 Å². The van der Waals surface area contributed by atoms with Crippen LogP contribution in [0.2, 0.25) is 0 Å². The zero-order chi connectivity index (χ0) is 25.5. The summed E-state index contributed by atoms with van der Waals surface area (Å²) in [5, 5.41) is -0.239. The van der Waals surface area contributed by atoms with Crippen LogP contribution in [0.3, 0.4) is 0 Å². The molecule has 0 unspecified atom stereocenters. The van der Waals surface area contributed by atoms with Crippen molar-refractivity contribution in [3.63, 3.8) is 0 Å². The Labute approximate surface area is 196 Å². The van der Waals surface area contributed by atoms with Crippen LogP contribution >= 0.6 is 0 Å². The van der Waals surface area contributed by atoms with Crippen LogP contribution < -0.4 is 4.74 Å². The van der Waals surface area contributed by atoms with Gasteiger partial charge in [-0.25, -0.2) is 26.3 Å². The van der Waals surface area contributed by atoms with Crippen molar-refractivity contribution in [3.05, 3.63) is 76.4 Å². The van der Waals surface area contributed by atoms with Crippen molar-refractivity contribution in [2.24, 2.45) is 5.92 Å². The fraction of sp³-hybridized carbons (Fsp3) is 0.385. The Kier molecular flexibility index (Phi) is 6.97. The van der Waals surface area contributed by atoms with Gasteiger partial charge in [0.2, 0.25) is 0 Å². The Morgan fingerprint density at radius 3 is 2.03 bits per heavy atom. The van der Waals surface area contributed by atoms with E-state index in [1.54, 1.807) is 0 Å². The topological polar surface area (TPSA) is 9.23 Å². The molecular formula is C26H22F8O. The predicted molar refractivity (Wildman–Crippen MR) is 114 cm³/mol. The Morgan fingerprint density at radius 2 is 1.43 bits per heavy atom. The SMILES string of the molecule is CCCc1cc2ccc(C3CCC(C(F)(F)Oc4cc(F)c(F)c(F)c4)CC3)c(F)c2c(F)c1F. The highest BCUT2D eigenvalue weighted by Gasteiger charge is 2.44. The van der Waals surface area contributed by atoms with Crippen LogP contribution in [0.4, 0.5) is 35.1 Å². The first-order valence-corrected chi connectivity index (χ1v) is 11.3. The van der Waals surface area contributed by atoms with Gasteiger partial charge >= 0.3 is 6.11 Å². The molecule has 0 saturated heterocycles. The molecule has 0 atom stereocenters. The monoisotopic (exact) mass is 502 g/mol. The first-order valence-electron chi connectivity index (χ1n) is 11.3. The van der Waals surface area contributed by atoms with Gasteiger partial charge in [-0.2, -0.15) is 8.78 Å². The minimum absolute atomic E-state index is 0.107. The largest absolute Gasteiger partial charge is 0.432 e. The quantitative estimate of drug-likeness (QED) is 0.242. The third-order valence-electron chi connectivity index (χ3n) is 6.60. The standard InChI is InChI=1S/C26H22F8O/c1-2-3-15-10-14-6-9-18(23(30)21(14)25(32)22(15)29)13-4-7-16(8-5-13)26(33,34)35-17-11-19(27)24(31)20(28)12-17/h6,9-13,16H,2-5,7-8H2,1H3. The summed E-state index contributed by atoms with van der Waals surface area (Å²) in [6, 6.07) is 5.05. The summed E-state index contributed by atoms with van der Waals surface area (Å²) in [6.07, 6.45) is -2.94. The highest BCUT2D eigenvalue weighted by Crippen LogP contribution is 2.45. The Bertz CT molecular complexity index is 1230. The molecule has 188 valence electrons. The number of aryl methyl sites for hydroxylation is 1. The third kappa shape index (κ3) is 4.82. The second-order valence-corrected chi connectivity index (χ2v) is 8.89. The molecule has 0 heterocycles. The Morgan fingerprint density at radius 1 is 0.800 bits per heavy atom. The maximum atomic E-state index is 15.3. The molecule has 4 rings (SSSR count). The lowest BCUT2D eigenvalue weighted by Crippen LogP contribution is -2.37. The first-order chi connectivity index (χ1) is 16.5. The number of alkyl halides is 2. The van der Waals surface area contributed by atoms with Crippen LogP contribution in [-0.4, -0.2) is 6.11 Å². The molecule has 1 aliphatic carbocycles. The average Bonchev–Trinajstić information content (AvgIpc) is 2.81. The second kappa shape index (κ2) is 9.66. The number of rotatable bonds is 6. The van der Waals surface area contributed by atoms with Crippen LogP contribution in [0.1, 0.15) is 56.1 Å². The fourth-order valence-electron chi connectivity index (χ4n) is 4.79. The summed E-state index contributed by atoms with van der Waals surface area (Å²) in [5.41, 5.74) is 0.276. The van der Waals surface area contributed by atoms with Crippen molar-refractivity contribution in [1.82, 2.24) is 0 Å². The van der Waals surface area contributed by atoms with Gasteiger partial charge in [-0.3, -0.25) is 0 Å². The maximum absolute atomic E-state index is 15.3. The van der Waals surface area contributed by atoms with Crippen LogP contribution in [0.5, 0.6) is 5.75 Å².